The number of hydrogen-bond donors (Lipinski definition) is 2. The number of nitrogens with one attached hydrogen (secondary N) is 2. The zero-order chi connectivity index (χ0) is 22.7. The zero-order valence-corrected chi connectivity index (χ0v) is 18.1. The Hall–Kier alpha value is -3.72. The third kappa shape index (κ3) is 4.47. The van der Waals surface area contributed by atoms with Gasteiger partial charge in [-0.05, 0) is 36.6 Å². The van der Waals surface area contributed by atoms with E-state index >= 15 is 0 Å². The van der Waals surface area contributed by atoms with E-state index in [0.717, 1.165) is 16.3 Å². The number of amides is 2. The van der Waals surface area contributed by atoms with Crippen molar-refractivity contribution >= 4 is 34.1 Å². The summed E-state index contributed by atoms with van der Waals surface area (Å²) in [5.74, 6) is 0.425. The van der Waals surface area contributed by atoms with Gasteiger partial charge in [0.05, 0.1) is 11.1 Å². The van der Waals surface area contributed by atoms with Gasteiger partial charge in [-0.15, -0.1) is 0 Å². The summed E-state index contributed by atoms with van der Waals surface area (Å²) in [7, 11) is 1.67. The zero-order valence-electron chi connectivity index (χ0n) is 17.3. The molecule has 2 aromatic heterocycles. The van der Waals surface area contributed by atoms with Crippen molar-refractivity contribution in [1.29, 1.82) is 0 Å². The Bertz CT molecular complexity index is 1250. The first-order chi connectivity index (χ1) is 15.4. The molecular formula is C22H20ClFN6O2. The minimum Gasteiger partial charge on any atom is -0.469 e. The molecule has 0 aliphatic rings. The second kappa shape index (κ2) is 9.19. The lowest BCUT2D eigenvalue weighted by Gasteiger charge is -2.26. The molecule has 2 heterocycles. The normalized spacial score (nSPS) is 11.9. The largest absolute Gasteiger partial charge is 0.469 e. The number of aromatic nitrogens is 4. The van der Waals surface area contributed by atoms with Gasteiger partial charge in [0.15, 0.2) is 12.4 Å². The lowest BCUT2D eigenvalue weighted by atomic mass is 10.0. The van der Waals surface area contributed by atoms with E-state index in [1.165, 1.54) is 29.4 Å². The fourth-order valence-corrected chi connectivity index (χ4v) is 3.43. The van der Waals surface area contributed by atoms with Gasteiger partial charge in [0.2, 0.25) is 5.88 Å². The number of ether oxygens (including phenoxy) is 1. The number of benzene rings is 2. The monoisotopic (exact) mass is 454 g/mol. The molecule has 4 rings (SSSR count). The molecule has 8 nitrogen and oxygen atoms in total. The van der Waals surface area contributed by atoms with Crippen LogP contribution >= 0.6 is 11.6 Å². The first kappa shape index (κ1) is 21.5. The van der Waals surface area contributed by atoms with Gasteiger partial charge in [-0.3, -0.25) is 5.10 Å². The van der Waals surface area contributed by atoms with Gasteiger partial charge in [0.1, 0.15) is 12.1 Å². The second-order valence-corrected chi connectivity index (χ2v) is 7.52. The van der Waals surface area contributed by atoms with Crippen LogP contribution < -0.4 is 10.1 Å². The summed E-state index contributed by atoms with van der Waals surface area (Å²) in [6.45, 7) is 2.08. The molecule has 32 heavy (non-hydrogen) atoms. The number of halogens is 2. The fourth-order valence-electron chi connectivity index (χ4n) is 3.24. The number of fused-ring (bicyclic) bond motifs is 1. The lowest BCUT2D eigenvalue weighted by Crippen LogP contribution is -2.33. The van der Waals surface area contributed by atoms with Crippen molar-refractivity contribution in [2.75, 3.05) is 12.4 Å². The number of hydrogen-bond acceptors (Lipinski definition) is 5. The van der Waals surface area contributed by atoms with Gasteiger partial charge >= 0.3 is 6.03 Å². The fraction of sp³-hybridized carbons (Fsp3) is 0.182. The highest BCUT2D eigenvalue weighted by Crippen LogP contribution is 2.32. The predicted molar refractivity (Wildman–Crippen MR) is 119 cm³/mol. The van der Waals surface area contributed by atoms with E-state index in [9.17, 15) is 9.18 Å². The molecule has 4 aromatic rings. The number of aromatic amines is 1. The Balaban J connectivity index is 1.55. The number of nitrogens with zero attached hydrogens (tertiary/aromatic N) is 4. The summed E-state index contributed by atoms with van der Waals surface area (Å²) >= 11 is 5.80. The molecule has 164 valence electrons. The Labute approximate surface area is 188 Å². The molecule has 0 saturated heterocycles. The molecule has 2 aromatic carbocycles. The van der Waals surface area contributed by atoms with Crippen molar-refractivity contribution in [3.05, 3.63) is 77.2 Å². The standard InChI is InChI=1S/C22H20ClFN6O2/c1-13(30(2)22(31)28-14-7-8-19(24)18(23)9-14)17-10-25-21(16-6-4-3-5-15(16)17)32-11-20-26-12-27-29-20/h3-10,12-13H,11H2,1-2H3,(H,28,31)(H,26,27,29). The molecule has 0 aliphatic carbocycles. The van der Waals surface area contributed by atoms with Gasteiger partial charge in [0, 0.05) is 29.9 Å². The van der Waals surface area contributed by atoms with E-state index in [4.69, 9.17) is 16.3 Å². The van der Waals surface area contributed by atoms with Crippen LogP contribution in [0.4, 0.5) is 14.9 Å². The van der Waals surface area contributed by atoms with Gasteiger partial charge in [-0.2, -0.15) is 5.10 Å². The molecular weight excluding hydrogens is 435 g/mol. The SMILES string of the molecule is CC(c1cnc(OCc2nc[nH]n2)c2ccccc12)N(C)C(=O)Nc1ccc(F)c(Cl)c1. The highest BCUT2D eigenvalue weighted by Gasteiger charge is 2.21. The van der Waals surface area contributed by atoms with E-state index in [1.807, 2.05) is 31.2 Å². The molecule has 0 fully saturated rings. The van der Waals surface area contributed by atoms with Crippen molar-refractivity contribution in [3.63, 3.8) is 0 Å². The average molecular weight is 455 g/mol. The molecule has 10 heteroatoms. The van der Waals surface area contributed by atoms with Gasteiger partial charge in [-0.1, -0.05) is 29.8 Å². The van der Waals surface area contributed by atoms with E-state index < -0.39 is 5.82 Å². The summed E-state index contributed by atoms with van der Waals surface area (Å²) in [6, 6.07) is 11.0. The number of anilines is 1. The number of urea groups is 1. The first-order valence-corrected chi connectivity index (χ1v) is 10.2. The second-order valence-electron chi connectivity index (χ2n) is 7.11. The maximum atomic E-state index is 13.4. The van der Waals surface area contributed by atoms with Crippen LogP contribution in [0, 0.1) is 5.82 Å². The third-order valence-corrected chi connectivity index (χ3v) is 5.40. The van der Waals surface area contributed by atoms with Crippen LogP contribution in [0.25, 0.3) is 10.8 Å². The van der Waals surface area contributed by atoms with Crippen LogP contribution in [-0.2, 0) is 6.61 Å². The molecule has 2 N–H and O–H groups in total. The molecule has 1 unspecified atom stereocenters. The summed E-state index contributed by atoms with van der Waals surface area (Å²) in [4.78, 5) is 22.8. The quantitative estimate of drug-likeness (QED) is 0.429. The molecule has 0 saturated carbocycles. The van der Waals surface area contributed by atoms with Crippen molar-refractivity contribution in [1.82, 2.24) is 25.1 Å². The number of H-pyrrole nitrogens is 1. The van der Waals surface area contributed by atoms with E-state index in [2.05, 4.69) is 25.5 Å². The van der Waals surface area contributed by atoms with E-state index in [0.29, 0.717) is 17.4 Å². The van der Waals surface area contributed by atoms with Crippen LogP contribution in [0.15, 0.2) is 55.0 Å². The highest BCUT2D eigenvalue weighted by atomic mass is 35.5. The minimum absolute atomic E-state index is 0.0608. The van der Waals surface area contributed by atoms with Crippen molar-refractivity contribution in [2.24, 2.45) is 0 Å². The molecule has 0 aliphatic heterocycles. The third-order valence-electron chi connectivity index (χ3n) is 5.11. The van der Waals surface area contributed by atoms with E-state index in [1.54, 1.807) is 13.2 Å². The summed E-state index contributed by atoms with van der Waals surface area (Å²) in [5.41, 5.74) is 1.25. The molecule has 2 amide bonds. The van der Waals surface area contributed by atoms with Crippen LogP contribution in [0.2, 0.25) is 5.02 Å². The smallest absolute Gasteiger partial charge is 0.322 e. The Morgan fingerprint density at radius 1 is 1.25 bits per heavy atom. The Morgan fingerprint density at radius 3 is 2.75 bits per heavy atom. The number of carbonyl (C=O) groups excluding carboxylic acids is 1. The number of carbonyl (C=O) groups is 1. The predicted octanol–water partition coefficient (Wildman–Crippen LogP) is 4.95. The Morgan fingerprint density at radius 2 is 2.03 bits per heavy atom. The maximum absolute atomic E-state index is 13.4. The lowest BCUT2D eigenvalue weighted by molar-refractivity contribution is 0.208. The molecule has 0 radical (unpaired) electrons. The summed E-state index contributed by atoms with van der Waals surface area (Å²) < 4.78 is 19.2. The molecule has 1 atom stereocenters. The number of rotatable bonds is 6. The molecule has 0 spiro atoms. The van der Waals surface area contributed by atoms with Crippen molar-refractivity contribution in [2.45, 2.75) is 19.6 Å². The minimum atomic E-state index is -0.547. The van der Waals surface area contributed by atoms with Crippen LogP contribution in [0.1, 0.15) is 24.4 Å². The van der Waals surface area contributed by atoms with Gasteiger partial charge < -0.3 is 15.0 Å². The highest BCUT2D eigenvalue weighted by molar-refractivity contribution is 6.31. The van der Waals surface area contributed by atoms with Crippen LogP contribution in [0.5, 0.6) is 5.88 Å². The van der Waals surface area contributed by atoms with E-state index in [-0.39, 0.29) is 23.7 Å². The first-order valence-electron chi connectivity index (χ1n) is 9.78. The van der Waals surface area contributed by atoms with Gasteiger partial charge in [0.25, 0.3) is 0 Å². The van der Waals surface area contributed by atoms with Gasteiger partial charge in [-0.25, -0.2) is 19.2 Å². The topological polar surface area (TPSA) is 96.0 Å². The molecule has 0 bridgehead atoms. The maximum Gasteiger partial charge on any atom is 0.322 e. The summed E-state index contributed by atoms with van der Waals surface area (Å²) in [6.07, 6.45) is 3.18. The van der Waals surface area contributed by atoms with Crippen molar-refractivity contribution in [3.8, 4) is 5.88 Å². The van der Waals surface area contributed by atoms with Crippen LogP contribution in [0.3, 0.4) is 0 Å². The van der Waals surface area contributed by atoms with Crippen molar-refractivity contribution < 1.29 is 13.9 Å². The summed E-state index contributed by atoms with van der Waals surface area (Å²) in [5, 5.41) is 11.0. The number of pyridine rings is 1. The average Bonchev–Trinajstić information content (AvgIpc) is 3.32. The van der Waals surface area contributed by atoms with Crippen LogP contribution in [-0.4, -0.2) is 38.1 Å². The Kier molecular flexibility index (Phi) is 6.18.